The Morgan fingerprint density at radius 2 is 1.89 bits per heavy atom. The van der Waals surface area contributed by atoms with Gasteiger partial charge < -0.3 is 6.92 Å². The minimum absolute atomic E-state index is 0. The summed E-state index contributed by atoms with van der Waals surface area (Å²) in [6.07, 6.45) is 5.21. The summed E-state index contributed by atoms with van der Waals surface area (Å²) in [5.41, 5.74) is 0. The topological polar surface area (TPSA) is 0 Å². The van der Waals surface area contributed by atoms with Crippen molar-refractivity contribution in [2.24, 2.45) is 5.92 Å². The molecule has 9 heavy (non-hydrogen) atoms. The largest absolute Gasteiger partial charge is 2.00 e. The van der Waals surface area contributed by atoms with Gasteiger partial charge in [0.2, 0.25) is 0 Å². The minimum atomic E-state index is 0. The first kappa shape index (κ1) is 12.4. The molecule has 0 aromatic heterocycles. The predicted molar refractivity (Wildman–Crippen MR) is 38.7 cm³/mol. The standard InChI is InChI=1S/C8H17.Ti/c1-4-6-7-8(3)5-2;/h8H,3-7H2,1-2H3;/q-1;+2. The van der Waals surface area contributed by atoms with E-state index in [2.05, 4.69) is 20.8 Å². The third kappa shape index (κ3) is 8.71. The molecule has 52 valence electrons. The van der Waals surface area contributed by atoms with Crippen LogP contribution in [0.5, 0.6) is 0 Å². The zero-order chi connectivity index (χ0) is 6.41. The second-order valence-electron chi connectivity index (χ2n) is 2.42. The molecule has 0 aromatic carbocycles. The van der Waals surface area contributed by atoms with Crippen LogP contribution in [0, 0.1) is 12.8 Å². The number of rotatable bonds is 4. The second kappa shape index (κ2) is 8.71. The SMILES string of the molecule is [CH2-]C(CC)CCCC.[Ti+2]. The van der Waals surface area contributed by atoms with E-state index in [1.165, 1.54) is 25.7 Å². The Kier molecular flexibility index (Phi) is 12.0. The van der Waals surface area contributed by atoms with E-state index in [1.54, 1.807) is 0 Å². The van der Waals surface area contributed by atoms with Crippen LogP contribution in [0.2, 0.25) is 0 Å². The van der Waals surface area contributed by atoms with Crippen LogP contribution in [0.25, 0.3) is 0 Å². The third-order valence-electron chi connectivity index (χ3n) is 1.54. The van der Waals surface area contributed by atoms with Gasteiger partial charge >= 0.3 is 21.7 Å². The molecule has 0 saturated heterocycles. The van der Waals surface area contributed by atoms with Gasteiger partial charge in [-0.1, -0.05) is 39.5 Å². The first-order chi connectivity index (χ1) is 3.81. The smallest absolute Gasteiger partial charge is 0.340 e. The summed E-state index contributed by atoms with van der Waals surface area (Å²) in [6.45, 7) is 8.42. The third-order valence-corrected chi connectivity index (χ3v) is 1.54. The summed E-state index contributed by atoms with van der Waals surface area (Å²) in [5, 5.41) is 0. The Balaban J connectivity index is 0. The van der Waals surface area contributed by atoms with Crippen LogP contribution < -0.4 is 0 Å². The number of hydrogen-bond acceptors (Lipinski definition) is 0. The van der Waals surface area contributed by atoms with E-state index in [1.807, 2.05) is 0 Å². The molecule has 0 aliphatic rings. The minimum Gasteiger partial charge on any atom is -0.340 e. The molecule has 0 rings (SSSR count). The summed E-state index contributed by atoms with van der Waals surface area (Å²) in [6, 6.07) is 0. The van der Waals surface area contributed by atoms with Gasteiger partial charge in [-0.3, -0.25) is 0 Å². The first-order valence-corrected chi connectivity index (χ1v) is 3.64. The van der Waals surface area contributed by atoms with Crippen molar-refractivity contribution in [3.05, 3.63) is 6.92 Å². The van der Waals surface area contributed by atoms with E-state index in [0.29, 0.717) is 5.92 Å². The van der Waals surface area contributed by atoms with Crippen molar-refractivity contribution in [1.29, 1.82) is 0 Å². The van der Waals surface area contributed by atoms with E-state index in [4.69, 9.17) is 0 Å². The molecule has 0 N–H and O–H groups in total. The van der Waals surface area contributed by atoms with Gasteiger partial charge in [0.05, 0.1) is 0 Å². The predicted octanol–water partition coefficient (Wildman–Crippen LogP) is 3.03. The van der Waals surface area contributed by atoms with Gasteiger partial charge in [0.25, 0.3) is 0 Å². The second-order valence-corrected chi connectivity index (χ2v) is 2.42. The average molecular weight is 161 g/mol. The fraction of sp³-hybridized carbons (Fsp3) is 0.875. The van der Waals surface area contributed by atoms with Crippen molar-refractivity contribution in [2.45, 2.75) is 39.5 Å². The monoisotopic (exact) mass is 161 g/mol. The molecule has 1 atom stereocenters. The quantitative estimate of drug-likeness (QED) is 0.439. The van der Waals surface area contributed by atoms with Gasteiger partial charge in [-0.2, -0.15) is 5.92 Å². The molecule has 0 aliphatic heterocycles. The Morgan fingerprint density at radius 3 is 2.22 bits per heavy atom. The van der Waals surface area contributed by atoms with Crippen molar-refractivity contribution in [1.82, 2.24) is 0 Å². The van der Waals surface area contributed by atoms with Crippen molar-refractivity contribution in [3.63, 3.8) is 0 Å². The van der Waals surface area contributed by atoms with E-state index >= 15 is 0 Å². The van der Waals surface area contributed by atoms with Gasteiger partial charge in [0.1, 0.15) is 0 Å². The first-order valence-electron chi connectivity index (χ1n) is 3.64. The fourth-order valence-corrected chi connectivity index (χ4v) is 0.697. The Hall–Kier alpha value is 0.714. The summed E-state index contributed by atoms with van der Waals surface area (Å²) in [5.74, 6) is 0.704. The molecule has 0 amide bonds. The Labute approximate surface area is 74.3 Å². The molecule has 0 saturated carbocycles. The maximum atomic E-state index is 3.99. The number of hydrogen-bond donors (Lipinski definition) is 0. The van der Waals surface area contributed by atoms with Crippen molar-refractivity contribution in [3.8, 4) is 0 Å². The summed E-state index contributed by atoms with van der Waals surface area (Å²) in [4.78, 5) is 0. The molecule has 0 bridgehead atoms. The summed E-state index contributed by atoms with van der Waals surface area (Å²) >= 11 is 0. The molecule has 0 heterocycles. The summed E-state index contributed by atoms with van der Waals surface area (Å²) < 4.78 is 0. The van der Waals surface area contributed by atoms with Crippen LogP contribution in [0.15, 0.2) is 0 Å². The maximum Gasteiger partial charge on any atom is 2.00 e. The molecule has 0 fully saturated rings. The van der Waals surface area contributed by atoms with E-state index in [0.717, 1.165) is 0 Å². The van der Waals surface area contributed by atoms with Crippen molar-refractivity contribution < 1.29 is 21.7 Å². The fourth-order valence-electron chi connectivity index (χ4n) is 0.697. The zero-order valence-electron chi connectivity index (χ0n) is 6.61. The molecule has 0 nitrogen and oxygen atoms in total. The number of unbranched alkanes of at least 4 members (excludes halogenated alkanes) is 1. The normalized spacial score (nSPS) is 12.3. The molecule has 0 spiro atoms. The molecule has 1 heteroatoms. The molecule has 1 unspecified atom stereocenters. The zero-order valence-corrected chi connectivity index (χ0v) is 8.17. The van der Waals surface area contributed by atoms with Gasteiger partial charge in [-0.15, -0.1) is 0 Å². The van der Waals surface area contributed by atoms with Crippen LogP contribution in [-0.4, -0.2) is 0 Å². The van der Waals surface area contributed by atoms with Crippen LogP contribution in [-0.2, 0) is 21.7 Å². The van der Waals surface area contributed by atoms with Gasteiger partial charge in [-0.05, 0) is 0 Å². The van der Waals surface area contributed by atoms with Gasteiger partial charge in [0.15, 0.2) is 0 Å². The van der Waals surface area contributed by atoms with E-state index < -0.39 is 0 Å². The molecular formula is C8H17Ti+. The van der Waals surface area contributed by atoms with E-state index in [-0.39, 0.29) is 21.7 Å². The van der Waals surface area contributed by atoms with Crippen molar-refractivity contribution in [2.75, 3.05) is 0 Å². The molecule has 0 radical (unpaired) electrons. The van der Waals surface area contributed by atoms with Gasteiger partial charge in [0, 0.05) is 0 Å². The molecular weight excluding hydrogens is 144 g/mol. The Morgan fingerprint density at radius 1 is 1.33 bits per heavy atom. The Bertz CT molecular complexity index is 43.8. The van der Waals surface area contributed by atoms with Crippen LogP contribution in [0.1, 0.15) is 39.5 Å². The molecule has 0 aliphatic carbocycles. The van der Waals surface area contributed by atoms with Crippen LogP contribution in [0.4, 0.5) is 0 Å². The molecule has 0 aromatic rings. The maximum absolute atomic E-state index is 3.99. The van der Waals surface area contributed by atoms with E-state index in [9.17, 15) is 0 Å². The van der Waals surface area contributed by atoms with Gasteiger partial charge in [-0.25, -0.2) is 0 Å². The van der Waals surface area contributed by atoms with Crippen LogP contribution >= 0.6 is 0 Å². The summed E-state index contributed by atoms with van der Waals surface area (Å²) in [7, 11) is 0. The average Bonchev–Trinajstić information content (AvgIpc) is 1.83. The van der Waals surface area contributed by atoms with Crippen molar-refractivity contribution >= 4 is 0 Å². The van der Waals surface area contributed by atoms with Crippen LogP contribution in [0.3, 0.4) is 0 Å².